The van der Waals surface area contributed by atoms with E-state index in [2.05, 4.69) is 22.0 Å². The van der Waals surface area contributed by atoms with Gasteiger partial charge in [0.05, 0.1) is 19.7 Å². The fourth-order valence-corrected chi connectivity index (χ4v) is 5.22. The van der Waals surface area contributed by atoms with E-state index in [1.165, 1.54) is 0 Å². The van der Waals surface area contributed by atoms with Gasteiger partial charge in [-0.25, -0.2) is 0 Å². The Morgan fingerprint density at radius 3 is 2.58 bits per heavy atom. The summed E-state index contributed by atoms with van der Waals surface area (Å²) in [4.78, 5) is 36.3. The third-order valence-electron chi connectivity index (χ3n) is 6.81. The van der Waals surface area contributed by atoms with Crippen LogP contribution in [-0.2, 0) is 16.0 Å². The molecular weight excluding hydrogens is 416 g/mol. The lowest BCUT2D eigenvalue weighted by Gasteiger charge is -2.47. The maximum Gasteiger partial charge on any atom is 0.246 e. The van der Waals surface area contributed by atoms with E-state index in [1.807, 2.05) is 55.4 Å². The SMILES string of the molecule is COc1ccc([C@H]2c3[nH]c4ccccc4c3C[C@@H]3C(=O)N(CCCN(C)C)CC(=O)N23)cc1. The summed E-state index contributed by atoms with van der Waals surface area (Å²) in [5.41, 5.74) is 4.13. The van der Waals surface area contributed by atoms with Crippen molar-refractivity contribution < 1.29 is 14.3 Å². The number of benzene rings is 2. The van der Waals surface area contributed by atoms with Gasteiger partial charge in [0, 0.05) is 29.6 Å². The number of amides is 2. The number of carbonyl (C=O) groups is 2. The second-order valence-electron chi connectivity index (χ2n) is 9.18. The molecule has 0 spiro atoms. The van der Waals surface area contributed by atoms with Crippen molar-refractivity contribution in [2.24, 2.45) is 0 Å². The molecule has 172 valence electrons. The first-order valence-corrected chi connectivity index (χ1v) is 11.5. The molecule has 3 aromatic rings. The molecule has 7 heteroatoms. The van der Waals surface area contributed by atoms with E-state index in [-0.39, 0.29) is 24.4 Å². The second-order valence-corrected chi connectivity index (χ2v) is 9.18. The highest BCUT2D eigenvalue weighted by Crippen LogP contribution is 2.42. The highest BCUT2D eigenvalue weighted by atomic mass is 16.5. The summed E-state index contributed by atoms with van der Waals surface area (Å²) in [5, 5.41) is 1.12. The number of hydrogen-bond donors (Lipinski definition) is 1. The smallest absolute Gasteiger partial charge is 0.246 e. The maximum absolute atomic E-state index is 13.6. The number of H-pyrrole nitrogens is 1. The zero-order valence-corrected chi connectivity index (χ0v) is 19.4. The van der Waals surface area contributed by atoms with Gasteiger partial charge in [-0.05, 0) is 56.4 Å². The van der Waals surface area contributed by atoms with Crippen LogP contribution in [0.1, 0.15) is 29.3 Å². The van der Waals surface area contributed by atoms with Crippen LogP contribution in [0.5, 0.6) is 5.75 Å². The van der Waals surface area contributed by atoms with Crippen LogP contribution in [0.3, 0.4) is 0 Å². The highest BCUT2D eigenvalue weighted by Gasteiger charge is 2.48. The first kappa shape index (κ1) is 21.5. The number of rotatable bonds is 6. The van der Waals surface area contributed by atoms with E-state index in [9.17, 15) is 9.59 Å². The predicted octanol–water partition coefficient (Wildman–Crippen LogP) is 2.81. The number of para-hydroxylation sites is 1. The zero-order valence-electron chi connectivity index (χ0n) is 19.4. The van der Waals surface area contributed by atoms with Crippen molar-refractivity contribution in [1.82, 2.24) is 19.7 Å². The third kappa shape index (κ3) is 3.76. The van der Waals surface area contributed by atoms with Gasteiger partial charge in [-0.15, -0.1) is 0 Å². The Hall–Kier alpha value is -3.32. The van der Waals surface area contributed by atoms with Crippen LogP contribution < -0.4 is 4.74 Å². The van der Waals surface area contributed by atoms with E-state index < -0.39 is 6.04 Å². The fraction of sp³-hybridized carbons (Fsp3) is 0.385. The van der Waals surface area contributed by atoms with Gasteiger partial charge in [0.15, 0.2) is 0 Å². The molecule has 2 aliphatic rings. The molecule has 0 unspecified atom stereocenters. The number of aromatic amines is 1. The van der Waals surface area contributed by atoms with Crippen molar-refractivity contribution >= 4 is 22.7 Å². The van der Waals surface area contributed by atoms with Gasteiger partial charge in [0.25, 0.3) is 0 Å². The molecule has 2 amide bonds. The number of methoxy groups -OCH3 is 1. The molecular formula is C26H30N4O3. The first-order valence-electron chi connectivity index (χ1n) is 11.5. The van der Waals surface area contributed by atoms with Gasteiger partial charge < -0.3 is 24.4 Å². The Labute approximate surface area is 193 Å². The molecule has 7 nitrogen and oxygen atoms in total. The molecule has 33 heavy (non-hydrogen) atoms. The summed E-state index contributed by atoms with van der Waals surface area (Å²) in [6.45, 7) is 1.61. The molecule has 3 heterocycles. The normalized spacial score (nSPS) is 20.4. The maximum atomic E-state index is 13.6. The van der Waals surface area contributed by atoms with Gasteiger partial charge >= 0.3 is 0 Å². The summed E-state index contributed by atoms with van der Waals surface area (Å²) in [6.07, 6.45) is 1.37. The number of nitrogens with zero attached hydrogens (tertiary/aromatic N) is 3. The molecule has 2 aromatic carbocycles. The molecule has 2 aliphatic heterocycles. The molecule has 0 bridgehead atoms. The quantitative estimate of drug-likeness (QED) is 0.632. The number of piperazine rings is 1. The van der Waals surface area contributed by atoms with Crippen LogP contribution in [0.2, 0.25) is 0 Å². The number of carbonyl (C=O) groups excluding carboxylic acids is 2. The molecule has 0 aliphatic carbocycles. The van der Waals surface area contributed by atoms with Crippen LogP contribution in [0.4, 0.5) is 0 Å². The number of fused-ring (bicyclic) bond motifs is 4. The number of hydrogen-bond acceptors (Lipinski definition) is 4. The predicted molar refractivity (Wildman–Crippen MR) is 127 cm³/mol. The van der Waals surface area contributed by atoms with Gasteiger partial charge in [-0.3, -0.25) is 9.59 Å². The van der Waals surface area contributed by atoms with Crippen molar-refractivity contribution in [2.75, 3.05) is 40.8 Å². The van der Waals surface area contributed by atoms with Crippen molar-refractivity contribution in [1.29, 1.82) is 0 Å². The van der Waals surface area contributed by atoms with Crippen LogP contribution in [-0.4, -0.2) is 78.4 Å². The molecule has 1 saturated heterocycles. The van der Waals surface area contributed by atoms with E-state index in [0.29, 0.717) is 13.0 Å². The van der Waals surface area contributed by atoms with Crippen LogP contribution >= 0.6 is 0 Å². The van der Waals surface area contributed by atoms with Gasteiger partial charge in [0.2, 0.25) is 11.8 Å². The Kier molecular flexibility index (Phi) is 5.58. The molecule has 1 N–H and O–H groups in total. The second kappa shape index (κ2) is 8.56. The Balaban J connectivity index is 1.57. The van der Waals surface area contributed by atoms with Gasteiger partial charge in [0.1, 0.15) is 11.8 Å². The molecule has 5 rings (SSSR count). The minimum absolute atomic E-state index is 0.00502. The topological polar surface area (TPSA) is 68.9 Å². The van der Waals surface area contributed by atoms with Crippen molar-refractivity contribution in [3.05, 3.63) is 65.4 Å². The molecule has 1 aromatic heterocycles. The molecule has 0 radical (unpaired) electrons. The molecule has 2 atom stereocenters. The van der Waals surface area contributed by atoms with Gasteiger partial charge in [-0.2, -0.15) is 0 Å². The minimum atomic E-state index is -0.496. The lowest BCUT2D eigenvalue weighted by atomic mass is 9.86. The third-order valence-corrected chi connectivity index (χ3v) is 6.81. The lowest BCUT2D eigenvalue weighted by molar-refractivity contribution is -0.158. The Morgan fingerprint density at radius 1 is 1.09 bits per heavy atom. The molecule has 1 fully saturated rings. The largest absolute Gasteiger partial charge is 0.497 e. The zero-order chi connectivity index (χ0) is 23.1. The van der Waals surface area contributed by atoms with Crippen LogP contribution in [0, 0.1) is 0 Å². The van der Waals surface area contributed by atoms with Gasteiger partial charge in [-0.1, -0.05) is 30.3 Å². The van der Waals surface area contributed by atoms with Crippen LogP contribution in [0.15, 0.2) is 48.5 Å². The summed E-state index contributed by atoms with van der Waals surface area (Å²) in [7, 11) is 5.67. The van der Waals surface area contributed by atoms with E-state index in [4.69, 9.17) is 4.74 Å². The summed E-state index contributed by atoms with van der Waals surface area (Å²) in [6, 6.07) is 15.1. The molecule has 0 saturated carbocycles. The van der Waals surface area contributed by atoms with Crippen molar-refractivity contribution in [3.8, 4) is 5.75 Å². The van der Waals surface area contributed by atoms with E-state index in [1.54, 1.807) is 12.0 Å². The van der Waals surface area contributed by atoms with E-state index in [0.717, 1.165) is 46.4 Å². The van der Waals surface area contributed by atoms with Crippen LogP contribution in [0.25, 0.3) is 10.9 Å². The Bertz CT molecular complexity index is 1180. The summed E-state index contributed by atoms with van der Waals surface area (Å²) >= 11 is 0. The number of aromatic nitrogens is 1. The average molecular weight is 447 g/mol. The fourth-order valence-electron chi connectivity index (χ4n) is 5.22. The Morgan fingerprint density at radius 2 is 1.85 bits per heavy atom. The summed E-state index contributed by atoms with van der Waals surface area (Å²) in [5.74, 6) is 0.800. The number of nitrogens with one attached hydrogen (secondary N) is 1. The highest BCUT2D eigenvalue weighted by molar-refractivity contribution is 5.97. The summed E-state index contributed by atoms with van der Waals surface area (Å²) < 4.78 is 5.33. The van der Waals surface area contributed by atoms with E-state index >= 15 is 0 Å². The minimum Gasteiger partial charge on any atom is -0.497 e. The standard InChI is InChI=1S/C26H30N4O3/c1-28(2)13-6-14-29-16-23(31)30-22(26(29)32)15-20-19-7-4-5-8-21(19)27-24(20)25(30)17-9-11-18(33-3)12-10-17/h4-5,7-12,22,25,27H,6,13-16H2,1-3H3/t22-,25+/m1/s1. The average Bonchev–Trinajstić information content (AvgIpc) is 3.19. The lowest BCUT2D eigenvalue weighted by Crippen LogP contribution is -2.63. The van der Waals surface area contributed by atoms with Crippen molar-refractivity contribution in [3.63, 3.8) is 0 Å². The first-order chi connectivity index (χ1) is 16.0. The number of ether oxygens (including phenoxy) is 1. The van der Waals surface area contributed by atoms with Crippen molar-refractivity contribution in [2.45, 2.75) is 24.9 Å². The monoisotopic (exact) mass is 446 g/mol.